The number of nitrogen functional groups attached to an aromatic ring is 1. The Bertz CT molecular complexity index is 697. The lowest BCUT2D eigenvalue weighted by atomic mass is 10.2. The second kappa shape index (κ2) is 5.95. The molecule has 4 nitrogen and oxygen atoms in total. The van der Waals surface area contributed by atoms with Crippen LogP contribution in [-0.2, 0) is 0 Å². The van der Waals surface area contributed by atoms with E-state index < -0.39 is 11.7 Å². The summed E-state index contributed by atoms with van der Waals surface area (Å²) in [6, 6.07) is 4.37. The summed E-state index contributed by atoms with van der Waals surface area (Å²) < 4.78 is 14.3. The molecular weight excluding hydrogens is 372 g/mol. The highest BCUT2D eigenvalue weighted by atomic mass is 79.9. The fourth-order valence-electron chi connectivity index (χ4n) is 1.45. The molecule has 1 aromatic heterocycles. The summed E-state index contributed by atoms with van der Waals surface area (Å²) in [5.74, 6) is -1.93. The predicted octanol–water partition coefficient (Wildman–Crippen LogP) is 4.12. The number of nitrogens with two attached hydrogens (primary N) is 1. The number of pyridine rings is 1. The van der Waals surface area contributed by atoms with E-state index in [1.54, 1.807) is 12.1 Å². The van der Waals surface area contributed by atoms with Crippen molar-refractivity contribution in [1.29, 1.82) is 0 Å². The Morgan fingerprint density at radius 3 is 2.70 bits per heavy atom. The summed E-state index contributed by atoms with van der Waals surface area (Å²) in [5.41, 5.74) is 5.34. The van der Waals surface area contributed by atoms with Gasteiger partial charge in [-0.1, -0.05) is 23.2 Å². The van der Waals surface area contributed by atoms with Crippen LogP contribution in [0.2, 0.25) is 10.0 Å². The van der Waals surface area contributed by atoms with Gasteiger partial charge in [-0.2, -0.15) is 0 Å². The minimum Gasteiger partial charge on any atom is -0.381 e. The van der Waals surface area contributed by atoms with Crippen molar-refractivity contribution < 1.29 is 9.18 Å². The Kier molecular flexibility index (Phi) is 4.47. The Hall–Kier alpha value is -1.37. The Balaban J connectivity index is 2.33. The Morgan fingerprint density at radius 1 is 1.30 bits per heavy atom. The first-order valence-electron chi connectivity index (χ1n) is 5.26. The van der Waals surface area contributed by atoms with Gasteiger partial charge in [0.2, 0.25) is 0 Å². The average molecular weight is 379 g/mol. The number of benzene rings is 1. The van der Waals surface area contributed by atoms with Gasteiger partial charge in [0.1, 0.15) is 0 Å². The molecule has 104 valence electrons. The zero-order valence-corrected chi connectivity index (χ0v) is 12.9. The summed E-state index contributed by atoms with van der Waals surface area (Å²) >= 11 is 15.1. The highest BCUT2D eigenvalue weighted by Crippen LogP contribution is 2.36. The Morgan fingerprint density at radius 2 is 2.00 bits per heavy atom. The maximum absolute atomic E-state index is 13.7. The average Bonchev–Trinajstić information content (AvgIpc) is 2.42. The number of carbonyl (C=O) groups excluding carboxylic acids is 1. The van der Waals surface area contributed by atoms with E-state index in [0.717, 1.165) is 0 Å². The molecule has 2 rings (SSSR count). The third-order valence-electron chi connectivity index (χ3n) is 2.44. The molecular formula is C12H7BrCl2FN3O. The summed E-state index contributed by atoms with van der Waals surface area (Å²) in [5, 5.41) is 2.86. The van der Waals surface area contributed by atoms with Crippen LogP contribution in [0, 0.1) is 5.82 Å². The quantitative estimate of drug-likeness (QED) is 0.772. The van der Waals surface area contributed by atoms with E-state index in [4.69, 9.17) is 28.9 Å². The summed E-state index contributed by atoms with van der Waals surface area (Å²) in [7, 11) is 0. The molecule has 0 aliphatic rings. The lowest BCUT2D eigenvalue weighted by Gasteiger charge is -2.10. The highest BCUT2D eigenvalue weighted by Gasteiger charge is 2.17. The van der Waals surface area contributed by atoms with E-state index in [2.05, 4.69) is 26.2 Å². The third-order valence-corrected chi connectivity index (χ3v) is 4.22. The fraction of sp³-hybridized carbons (Fsp3) is 0. The first-order valence-corrected chi connectivity index (χ1v) is 6.81. The number of anilines is 2. The predicted molar refractivity (Wildman–Crippen MR) is 80.7 cm³/mol. The van der Waals surface area contributed by atoms with Crippen LogP contribution >= 0.6 is 39.1 Å². The van der Waals surface area contributed by atoms with Gasteiger partial charge < -0.3 is 11.1 Å². The van der Waals surface area contributed by atoms with Gasteiger partial charge in [-0.05, 0) is 34.1 Å². The minimum atomic E-state index is -0.885. The number of nitrogens with zero attached hydrogens (tertiary/aromatic N) is 1. The minimum absolute atomic E-state index is 0.150. The number of aromatic nitrogens is 1. The zero-order chi connectivity index (χ0) is 14.9. The van der Waals surface area contributed by atoms with Crippen LogP contribution in [-0.4, -0.2) is 10.9 Å². The molecule has 0 atom stereocenters. The van der Waals surface area contributed by atoms with Gasteiger partial charge >= 0.3 is 0 Å². The van der Waals surface area contributed by atoms with E-state index in [1.807, 2.05) is 0 Å². The van der Waals surface area contributed by atoms with Gasteiger partial charge in [-0.15, -0.1) is 0 Å². The van der Waals surface area contributed by atoms with E-state index in [9.17, 15) is 9.18 Å². The molecule has 0 aliphatic heterocycles. The standard InChI is InChI=1S/C12H7BrCl2FN3O/c13-6-1-2-7(9(15)8(6)14)19-12(20)5-3-4-18-11(17)10(5)16/h1-4H,(H2,17,18)(H,19,20). The smallest absolute Gasteiger partial charge is 0.258 e. The summed E-state index contributed by atoms with van der Waals surface area (Å²) in [6.45, 7) is 0. The Labute approximate surface area is 132 Å². The van der Waals surface area contributed by atoms with Crippen LogP contribution in [0.5, 0.6) is 0 Å². The second-order valence-corrected chi connectivity index (χ2v) is 5.35. The number of rotatable bonds is 2. The zero-order valence-electron chi connectivity index (χ0n) is 9.75. The molecule has 3 N–H and O–H groups in total. The molecule has 0 bridgehead atoms. The number of hydrogen-bond donors (Lipinski definition) is 2. The first kappa shape index (κ1) is 15.0. The molecule has 0 radical (unpaired) electrons. The number of halogens is 4. The third kappa shape index (κ3) is 2.87. The van der Waals surface area contributed by atoms with Gasteiger partial charge in [-0.3, -0.25) is 4.79 Å². The van der Waals surface area contributed by atoms with Gasteiger partial charge in [0.05, 0.1) is 21.3 Å². The number of amides is 1. The normalized spacial score (nSPS) is 10.4. The van der Waals surface area contributed by atoms with Gasteiger partial charge in [-0.25, -0.2) is 9.37 Å². The molecule has 0 aliphatic carbocycles. The van der Waals surface area contributed by atoms with Crippen LogP contribution in [0.1, 0.15) is 10.4 Å². The molecule has 2 aromatic rings. The summed E-state index contributed by atoms with van der Waals surface area (Å²) in [4.78, 5) is 15.5. The number of carbonyl (C=O) groups is 1. The first-order chi connectivity index (χ1) is 9.41. The van der Waals surface area contributed by atoms with Crippen LogP contribution in [0.4, 0.5) is 15.9 Å². The molecule has 1 amide bonds. The molecule has 0 unspecified atom stereocenters. The summed E-state index contributed by atoms with van der Waals surface area (Å²) in [6.07, 6.45) is 1.24. The molecule has 1 aromatic carbocycles. The molecule has 8 heteroatoms. The topological polar surface area (TPSA) is 68.0 Å². The van der Waals surface area contributed by atoms with E-state index in [-0.39, 0.29) is 27.1 Å². The van der Waals surface area contributed by atoms with Crippen molar-refractivity contribution in [3.05, 3.63) is 50.3 Å². The molecule has 0 saturated heterocycles. The second-order valence-electron chi connectivity index (χ2n) is 3.73. The van der Waals surface area contributed by atoms with Crippen molar-refractivity contribution in [3.63, 3.8) is 0 Å². The van der Waals surface area contributed by atoms with Crippen molar-refractivity contribution >= 4 is 56.5 Å². The van der Waals surface area contributed by atoms with Crippen molar-refractivity contribution in [1.82, 2.24) is 4.98 Å². The van der Waals surface area contributed by atoms with Crippen LogP contribution in [0.15, 0.2) is 28.9 Å². The van der Waals surface area contributed by atoms with Crippen molar-refractivity contribution in [2.24, 2.45) is 0 Å². The molecule has 1 heterocycles. The molecule has 0 fully saturated rings. The number of nitrogens with one attached hydrogen (secondary N) is 1. The largest absolute Gasteiger partial charge is 0.381 e. The van der Waals surface area contributed by atoms with E-state index >= 15 is 0 Å². The number of hydrogen-bond acceptors (Lipinski definition) is 3. The maximum atomic E-state index is 13.7. The van der Waals surface area contributed by atoms with Crippen LogP contribution < -0.4 is 11.1 Å². The van der Waals surface area contributed by atoms with Crippen LogP contribution in [0.3, 0.4) is 0 Å². The SMILES string of the molecule is Nc1nccc(C(=O)Nc2ccc(Br)c(Cl)c2Cl)c1F. The van der Waals surface area contributed by atoms with Gasteiger partial charge in [0, 0.05) is 10.7 Å². The van der Waals surface area contributed by atoms with Crippen LogP contribution in [0.25, 0.3) is 0 Å². The molecule has 0 saturated carbocycles. The lowest BCUT2D eigenvalue weighted by Crippen LogP contribution is -2.15. The highest BCUT2D eigenvalue weighted by molar-refractivity contribution is 9.10. The maximum Gasteiger partial charge on any atom is 0.258 e. The van der Waals surface area contributed by atoms with Gasteiger partial charge in [0.15, 0.2) is 11.6 Å². The molecule has 0 spiro atoms. The monoisotopic (exact) mass is 377 g/mol. The lowest BCUT2D eigenvalue weighted by molar-refractivity contribution is 0.102. The fourth-order valence-corrected chi connectivity index (χ4v) is 2.27. The van der Waals surface area contributed by atoms with E-state index in [1.165, 1.54) is 12.3 Å². The van der Waals surface area contributed by atoms with Crippen molar-refractivity contribution in [2.75, 3.05) is 11.1 Å². The van der Waals surface area contributed by atoms with Crippen molar-refractivity contribution in [3.8, 4) is 0 Å². The molecule has 20 heavy (non-hydrogen) atoms. The van der Waals surface area contributed by atoms with Gasteiger partial charge in [0.25, 0.3) is 5.91 Å². The van der Waals surface area contributed by atoms with Crippen molar-refractivity contribution in [2.45, 2.75) is 0 Å². The van der Waals surface area contributed by atoms with E-state index in [0.29, 0.717) is 4.47 Å².